The SMILES string of the molecule is CC(C)(C)N1CCN(CCCCCCCCCBr)CC1. The molecule has 1 saturated heterocycles. The molecular weight excluding hydrogens is 312 g/mol. The van der Waals surface area contributed by atoms with Crippen LogP contribution in [0.2, 0.25) is 0 Å². The molecule has 0 radical (unpaired) electrons. The molecule has 0 bridgehead atoms. The largest absolute Gasteiger partial charge is 0.301 e. The molecule has 0 aromatic rings. The van der Waals surface area contributed by atoms with Gasteiger partial charge in [0.1, 0.15) is 0 Å². The van der Waals surface area contributed by atoms with Crippen molar-refractivity contribution in [1.82, 2.24) is 9.80 Å². The zero-order valence-corrected chi connectivity index (χ0v) is 15.6. The van der Waals surface area contributed by atoms with Crippen molar-refractivity contribution in [2.45, 2.75) is 71.3 Å². The number of hydrogen-bond donors (Lipinski definition) is 0. The van der Waals surface area contributed by atoms with Crippen LogP contribution < -0.4 is 0 Å². The summed E-state index contributed by atoms with van der Waals surface area (Å²) in [6.45, 7) is 13.3. The summed E-state index contributed by atoms with van der Waals surface area (Å²) in [5.41, 5.74) is 0.348. The number of alkyl halides is 1. The molecule has 2 nitrogen and oxygen atoms in total. The van der Waals surface area contributed by atoms with Gasteiger partial charge in [0.2, 0.25) is 0 Å². The second-order valence-electron chi connectivity index (χ2n) is 7.16. The minimum Gasteiger partial charge on any atom is -0.301 e. The summed E-state index contributed by atoms with van der Waals surface area (Å²) >= 11 is 3.49. The standard InChI is InChI=1S/C17H35BrN2/c1-17(2,3)20-15-13-19(14-16-20)12-10-8-6-4-5-7-9-11-18/h4-16H2,1-3H3. The van der Waals surface area contributed by atoms with E-state index in [1.807, 2.05) is 0 Å². The van der Waals surface area contributed by atoms with Crippen LogP contribution in [0, 0.1) is 0 Å². The van der Waals surface area contributed by atoms with Crippen molar-refractivity contribution in [1.29, 1.82) is 0 Å². The van der Waals surface area contributed by atoms with E-state index in [1.54, 1.807) is 0 Å². The number of nitrogens with zero attached hydrogens (tertiary/aromatic N) is 2. The third kappa shape index (κ3) is 7.99. The van der Waals surface area contributed by atoms with Gasteiger partial charge in [-0.25, -0.2) is 0 Å². The minimum absolute atomic E-state index is 0.348. The van der Waals surface area contributed by atoms with Crippen molar-refractivity contribution in [3.05, 3.63) is 0 Å². The Morgan fingerprint density at radius 1 is 0.750 bits per heavy atom. The molecule has 0 spiro atoms. The second-order valence-corrected chi connectivity index (χ2v) is 7.96. The van der Waals surface area contributed by atoms with E-state index in [1.165, 1.54) is 83.0 Å². The Kier molecular flexibility index (Phi) is 9.39. The lowest BCUT2D eigenvalue weighted by molar-refractivity contribution is 0.0616. The van der Waals surface area contributed by atoms with Gasteiger partial charge in [0.15, 0.2) is 0 Å². The average molecular weight is 347 g/mol. The number of unbranched alkanes of at least 4 members (excludes halogenated alkanes) is 6. The lowest BCUT2D eigenvalue weighted by atomic mass is 10.0. The van der Waals surface area contributed by atoms with Crippen molar-refractivity contribution >= 4 is 15.9 Å². The fourth-order valence-electron chi connectivity index (χ4n) is 2.96. The van der Waals surface area contributed by atoms with Crippen LogP contribution in [0.4, 0.5) is 0 Å². The molecule has 0 aliphatic carbocycles. The highest BCUT2D eigenvalue weighted by atomic mass is 79.9. The normalized spacial score (nSPS) is 18.6. The Morgan fingerprint density at radius 2 is 1.25 bits per heavy atom. The summed E-state index contributed by atoms with van der Waals surface area (Å²) in [7, 11) is 0. The maximum absolute atomic E-state index is 3.49. The second kappa shape index (κ2) is 10.2. The molecule has 0 aromatic carbocycles. The van der Waals surface area contributed by atoms with Crippen LogP contribution in [0.1, 0.15) is 65.7 Å². The third-order valence-corrected chi connectivity index (χ3v) is 4.99. The van der Waals surface area contributed by atoms with Gasteiger partial charge in [0.05, 0.1) is 0 Å². The third-order valence-electron chi connectivity index (χ3n) is 4.43. The zero-order valence-electron chi connectivity index (χ0n) is 14.0. The summed E-state index contributed by atoms with van der Waals surface area (Å²) < 4.78 is 0. The number of halogens is 1. The van der Waals surface area contributed by atoms with E-state index in [0.717, 1.165) is 0 Å². The summed E-state index contributed by atoms with van der Waals surface area (Å²) in [5.74, 6) is 0. The lowest BCUT2D eigenvalue weighted by Gasteiger charge is -2.42. The van der Waals surface area contributed by atoms with Crippen LogP contribution in [-0.2, 0) is 0 Å². The van der Waals surface area contributed by atoms with E-state index in [0.29, 0.717) is 5.54 Å². The minimum atomic E-state index is 0.348. The van der Waals surface area contributed by atoms with Crippen LogP contribution >= 0.6 is 15.9 Å². The van der Waals surface area contributed by atoms with Crippen molar-refractivity contribution in [3.63, 3.8) is 0 Å². The maximum Gasteiger partial charge on any atom is 0.0126 e. The molecule has 1 heterocycles. The highest BCUT2D eigenvalue weighted by molar-refractivity contribution is 9.09. The Labute approximate surface area is 135 Å². The summed E-state index contributed by atoms with van der Waals surface area (Å²) in [4.78, 5) is 5.28. The van der Waals surface area contributed by atoms with Crippen LogP contribution in [0.15, 0.2) is 0 Å². The monoisotopic (exact) mass is 346 g/mol. The fourth-order valence-corrected chi connectivity index (χ4v) is 3.35. The van der Waals surface area contributed by atoms with E-state index < -0.39 is 0 Å². The molecule has 120 valence electrons. The molecule has 3 heteroatoms. The summed E-state index contributed by atoms with van der Waals surface area (Å²) in [6.07, 6.45) is 9.87. The Morgan fingerprint density at radius 3 is 1.75 bits per heavy atom. The van der Waals surface area contributed by atoms with Crippen LogP contribution in [0.3, 0.4) is 0 Å². The highest BCUT2D eigenvalue weighted by Crippen LogP contribution is 2.16. The first-order valence-corrected chi connectivity index (χ1v) is 9.69. The van der Waals surface area contributed by atoms with Crippen molar-refractivity contribution < 1.29 is 0 Å². The van der Waals surface area contributed by atoms with Gasteiger partial charge in [-0.15, -0.1) is 0 Å². The van der Waals surface area contributed by atoms with E-state index in [2.05, 4.69) is 46.5 Å². The highest BCUT2D eigenvalue weighted by Gasteiger charge is 2.25. The van der Waals surface area contributed by atoms with Gasteiger partial charge in [-0.05, 0) is 40.2 Å². The quantitative estimate of drug-likeness (QED) is 0.447. The van der Waals surface area contributed by atoms with Gasteiger partial charge in [0, 0.05) is 37.0 Å². The van der Waals surface area contributed by atoms with Crippen LogP contribution in [-0.4, -0.2) is 53.4 Å². The van der Waals surface area contributed by atoms with Crippen LogP contribution in [0.25, 0.3) is 0 Å². The first-order chi connectivity index (χ1) is 9.54. The zero-order chi connectivity index (χ0) is 14.8. The van der Waals surface area contributed by atoms with Gasteiger partial charge in [-0.1, -0.05) is 48.0 Å². The summed E-state index contributed by atoms with van der Waals surface area (Å²) in [6, 6.07) is 0. The van der Waals surface area contributed by atoms with Gasteiger partial charge in [-0.2, -0.15) is 0 Å². The van der Waals surface area contributed by atoms with E-state index in [-0.39, 0.29) is 0 Å². The van der Waals surface area contributed by atoms with Gasteiger partial charge in [0.25, 0.3) is 0 Å². The van der Waals surface area contributed by atoms with E-state index in [4.69, 9.17) is 0 Å². The van der Waals surface area contributed by atoms with Gasteiger partial charge in [-0.3, -0.25) is 4.90 Å². The predicted octanol–water partition coefficient (Wildman–Crippen LogP) is 4.53. The first kappa shape index (κ1) is 18.4. The van der Waals surface area contributed by atoms with Gasteiger partial charge < -0.3 is 4.90 Å². The molecule has 20 heavy (non-hydrogen) atoms. The molecule has 1 rings (SSSR count). The smallest absolute Gasteiger partial charge is 0.0126 e. The molecule has 0 aromatic heterocycles. The van der Waals surface area contributed by atoms with Crippen molar-refractivity contribution in [2.24, 2.45) is 0 Å². The topological polar surface area (TPSA) is 6.48 Å². The summed E-state index contributed by atoms with van der Waals surface area (Å²) in [5, 5.41) is 1.17. The molecular formula is C17H35BrN2. The lowest BCUT2D eigenvalue weighted by Crippen LogP contribution is -2.53. The molecule has 1 aliphatic rings. The maximum atomic E-state index is 3.49. The first-order valence-electron chi connectivity index (χ1n) is 8.57. The molecule has 1 fully saturated rings. The fraction of sp³-hybridized carbons (Fsp3) is 1.00. The number of piperazine rings is 1. The van der Waals surface area contributed by atoms with Crippen molar-refractivity contribution in [3.8, 4) is 0 Å². The van der Waals surface area contributed by atoms with E-state index >= 15 is 0 Å². The molecule has 0 amide bonds. The molecule has 0 saturated carbocycles. The molecule has 1 aliphatic heterocycles. The average Bonchev–Trinajstić information content (AvgIpc) is 2.41. The molecule has 0 unspecified atom stereocenters. The molecule has 0 atom stereocenters. The van der Waals surface area contributed by atoms with Crippen LogP contribution in [0.5, 0.6) is 0 Å². The van der Waals surface area contributed by atoms with E-state index in [9.17, 15) is 0 Å². The predicted molar refractivity (Wildman–Crippen MR) is 93.9 cm³/mol. The Hall–Kier alpha value is 0.400. The van der Waals surface area contributed by atoms with Gasteiger partial charge >= 0.3 is 0 Å². The molecule has 0 N–H and O–H groups in total. The van der Waals surface area contributed by atoms with Crippen molar-refractivity contribution in [2.75, 3.05) is 38.1 Å². The number of rotatable bonds is 9. The Balaban J connectivity index is 1.94. The Bertz CT molecular complexity index is 230. The number of hydrogen-bond acceptors (Lipinski definition) is 2.